The van der Waals surface area contributed by atoms with Gasteiger partial charge in [-0.25, -0.2) is 4.79 Å². The molecule has 0 amide bonds. The minimum Gasteiger partial charge on any atom is -0.292 e. The fourth-order valence-corrected chi connectivity index (χ4v) is 2.03. The van der Waals surface area contributed by atoms with Gasteiger partial charge in [0.25, 0.3) is 0 Å². The molecular weight excluding hydrogens is 218 g/mol. The Bertz CT molecular complexity index is 660. The molecule has 2 aromatic rings. The molecule has 0 bridgehead atoms. The molecule has 88 valence electrons. The summed E-state index contributed by atoms with van der Waals surface area (Å²) >= 11 is 0. The zero-order chi connectivity index (χ0) is 12.4. The lowest BCUT2D eigenvalue weighted by molar-refractivity contribution is 0.671. The number of hydrogen-bond donors (Lipinski definition) is 0. The van der Waals surface area contributed by atoms with Crippen molar-refractivity contribution in [2.45, 2.75) is 26.9 Å². The molecule has 6 heteroatoms. The van der Waals surface area contributed by atoms with Gasteiger partial charge in [-0.1, -0.05) is 11.2 Å². The summed E-state index contributed by atoms with van der Waals surface area (Å²) in [4.78, 5) is 14.8. The molecule has 1 aromatic heterocycles. The zero-order valence-electron chi connectivity index (χ0n) is 9.79. The molecular formula is C11H13N5O. The zero-order valence-corrected chi connectivity index (χ0v) is 9.79. The van der Waals surface area contributed by atoms with Crippen molar-refractivity contribution >= 4 is 16.7 Å². The number of hydrogen-bond acceptors (Lipinski definition) is 2. The molecule has 17 heavy (non-hydrogen) atoms. The van der Waals surface area contributed by atoms with E-state index in [0.717, 1.165) is 11.0 Å². The molecule has 0 radical (unpaired) electrons. The van der Waals surface area contributed by atoms with Crippen molar-refractivity contribution in [1.82, 2.24) is 9.13 Å². The van der Waals surface area contributed by atoms with E-state index >= 15 is 0 Å². The summed E-state index contributed by atoms with van der Waals surface area (Å²) in [5.74, 6) is 0. The van der Waals surface area contributed by atoms with Gasteiger partial charge in [-0.05, 0) is 31.5 Å². The summed E-state index contributed by atoms with van der Waals surface area (Å²) in [5.41, 5.74) is 10.6. The number of aryl methyl sites for hydroxylation is 2. The standard InChI is InChI=1S/C11H13N5O/c1-3-15-9-6-5-8(13-14-12)7-10(9)16(4-2)11(15)17/h5-7H,3-4H2,1-2H3. The predicted octanol–water partition coefficient (Wildman–Crippen LogP) is 2.78. The summed E-state index contributed by atoms with van der Waals surface area (Å²) in [6, 6.07) is 5.27. The number of aromatic nitrogens is 2. The fourth-order valence-electron chi connectivity index (χ4n) is 2.03. The van der Waals surface area contributed by atoms with Gasteiger partial charge in [-0.2, -0.15) is 0 Å². The van der Waals surface area contributed by atoms with Gasteiger partial charge in [0.2, 0.25) is 0 Å². The van der Waals surface area contributed by atoms with Gasteiger partial charge in [0.1, 0.15) is 0 Å². The van der Waals surface area contributed by atoms with Crippen LogP contribution >= 0.6 is 0 Å². The van der Waals surface area contributed by atoms with Crippen LogP contribution in [-0.4, -0.2) is 9.13 Å². The summed E-state index contributed by atoms with van der Waals surface area (Å²) in [7, 11) is 0. The van der Waals surface area contributed by atoms with Crippen LogP contribution in [-0.2, 0) is 13.1 Å². The number of azide groups is 1. The Balaban J connectivity index is 2.85. The highest BCUT2D eigenvalue weighted by atomic mass is 16.1. The van der Waals surface area contributed by atoms with E-state index < -0.39 is 0 Å². The van der Waals surface area contributed by atoms with Crippen LogP contribution in [0.15, 0.2) is 28.1 Å². The van der Waals surface area contributed by atoms with Gasteiger partial charge < -0.3 is 0 Å². The van der Waals surface area contributed by atoms with Crippen LogP contribution in [0.3, 0.4) is 0 Å². The van der Waals surface area contributed by atoms with Gasteiger partial charge >= 0.3 is 5.69 Å². The molecule has 1 aromatic carbocycles. The van der Waals surface area contributed by atoms with Gasteiger partial charge in [-0.15, -0.1) is 0 Å². The molecule has 0 spiro atoms. The average Bonchev–Trinajstić information content (AvgIpc) is 2.60. The van der Waals surface area contributed by atoms with Crippen LogP contribution in [0.25, 0.3) is 21.5 Å². The van der Waals surface area contributed by atoms with Crippen molar-refractivity contribution in [1.29, 1.82) is 0 Å². The molecule has 0 saturated heterocycles. The summed E-state index contributed by atoms with van der Waals surface area (Å²) in [6.45, 7) is 5.08. The molecule has 0 atom stereocenters. The first-order valence-corrected chi connectivity index (χ1v) is 5.51. The van der Waals surface area contributed by atoms with Crippen molar-refractivity contribution in [3.63, 3.8) is 0 Å². The van der Waals surface area contributed by atoms with Crippen LogP contribution in [0.1, 0.15) is 13.8 Å². The number of fused-ring (bicyclic) bond motifs is 1. The Hall–Kier alpha value is -2.20. The summed E-state index contributed by atoms with van der Waals surface area (Å²) in [6.07, 6.45) is 0. The van der Waals surface area contributed by atoms with Crippen LogP contribution in [0.2, 0.25) is 0 Å². The first-order chi connectivity index (χ1) is 8.22. The van der Waals surface area contributed by atoms with E-state index in [1.165, 1.54) is 0 Å². The first kappa shape index (κ1) is 11.3. The largest absolute Gasteiger partial charge is 0.329 e. The molecule has 0 aliphatic carbocycles. The third-order valence-corrected chi connectivity index (χ3v) is 2.80. The van der Waals surface area contributed by atoms with Crippen LogP contribution in [0.5, 0.6) is 0 Å². The first-order valence-electron chi connectivity index (χ1n) is 5.51. The van der Waals surface area contributed by atoms with Crippen molar-refractivity contribution < 1.29 is 0 Å². The minimum absolute atomic E-state index is 0.0249. The van der Waals surface area contributed by atoms with Crippen LogP contribution in [0, 0.1) is 0 Å². The van der Waals surface area contributed by atoms with Gasteiger partial charge in [0.15, 0.2) is 0 Å². The van der Waals surface area contributed by atoms with Gasteiger partial charge in [0.05, 0.1) is 11.0 Å². The van der Waals surface area contributed by atoms with E-state index in [1.54, 1.807) is 21.3 Å². The number of imidazole rings is 1. The van der Waals surface area contributed by atoms with Crippen molar-refractivity contribution in [3.8, 4) is 0 Å². The highest BCUT2D eigenvalue weighted by Gasteiger charge is 2.10. The maximum absolute atomic E-state index is 12.0. The maximum Gasteiger partial charge on any atom is 0.329 e. The third-order valence-electron chi connectivity index (χ3n) is 2.80. The van der Waals surface area contributed by atoms with E-state index in [0.29, 0.717) is 18.8 Å². The predicted molar refractivity (Wildman–Crippen MR) is 66.4 cm³/mol. The highest BCUT2D eigenvalue weighted by Crippen LogP contribution is 2.21. The Morgan fingerprint density at radius 3 is 2.47 bits per heavy atom. The lowest BCUT2D eigenvalue weighted by atomic mass is 10.2. The Kier molecular flexibility index (Phi) is 2.89. The Morgan fingerprint density at radius 1 is 1.24 bits per heavy atom. The molecule has 1 heterocycles. The van der Waals surface area contributed by atoms with Crippen LogP contribution < -0.4 is 5.69 Å². The normalized spacial score (nSPS) is 10.5. The third kappa shape index (κ3) is 1.68. The second-order valence-corrected chi connectivity index (χ2v) is 3.63. The highest BCUT2D eigenvalue weighted by molar-refractivity contribution is 5.79. The lowest BCUT2D eigenvalue weighted by Gasteiger charge is -1.98. The Morgan fingerprint density at radius 2 is 1.88 bits per heavy atom. The number of nitrogens with zero attached hydrogens (tertiary/aromatic N) is 5. The van der Waals surface area contributed by atoms with Crippen LogP contribution in [0.4, 0.5) is 5.69 Å². The van der Waals surface area contributed by atoms with E-state index in [1.807, 2.05) is 19.9 Å². The van der Waals surface area contributed by atoms with Crippen molar-refractivity contribution in [3.05, 3.63) is 39.1 Å². The van der Waals surface area contributed by atoms with E-state index in [4.69, 9.17) is 5.53 Å². The molecule has 0 unspecified atom stereocenters. The van der Waals surface area contributed by atoms with Crippen molar-refractivity contribution in [2.24, 2.45) is 5.11 Å². The van der Waals surface area contributed by atoms with Gasteiger partial charge in [0, 0.05) is 23.7 Å². The monoisotopic (exact) mass is 231 g/mol. The molecule has 0 fully saturated rings. The quantitative estimate of drug-likeness (QED) is 0.454. The topological polar surface area (TPSA) is 75.7 Å². The molecule has 0 aliphatic rings. The molecule has 2 rings (SSSR count). The van der Waals surface area contributed by atoms with E-state index in [2.05, 4.69) is 10.0 Å². The molecule has 0 N–H and O–H groups in total. The number of benzene rings is 1. The molecule has 0 saturated carbocycles. The van der Waals surface area contributed by atoms with Crippen molar-refractivity contribution in [2.75, 3.05) is 0 Å². The number of rotatable bonds is 3. The SMILES string of the molecule is CCn1c(=O)n(CC)c2cc(N=[N+]=[N-])ccc21. The minimum atomic E-state index is -0.0249. The summed E-state index contributed by atoms with van der Waals surface area (Å²) < 4.78 is 3.38. The van der Waals surface area contributed by atoms with E-state index in [-0.39, 0.29) is 5.69 Å². The van der Waals surface area contributed by atoms with E-state index in [9.17, 15) is 4.79 Å². The second kappa shape index (κ2) is 4.35. The summed E-state index contributed by atoms with van der Waals surface area (Å²) in [5, 5.41) is 3.55. The molecule has 0 aliphatic heterocycles. The lowest BCUT2D eigenvalue weighted by Crippen LogP contribution is -2.22. The van der Waals surface area contributed by atoms with Gasteiger partial charge in [-0.3, -0.25) is 9.13 Å². The average molecular weight is 231 g/mol. The maximum atomic E-state index is 12.0. The smallest absolute Gasteiger partial charge is 0.292 e. The molecule has 6 nitrogen and oxygen atoms in total. The Labute approximate surface area is 97.7 Å². The second-order valence-electron chi connectivity index (χ2n) is 3.63. The fraction of sp³-hybridized carbons (Fsp3) is 0.364.